The van der Waals surface area contributed by atoms with Crippen molar-refractivity contribution in [3.05, 3.63) is 59.7 Å². The van der Waals surface area contributed by atoms with Gasteiger partial charge in [-0.05, 0) is 48.9 Å². The van der Waals surface area contributed by atoms with Crippen molar-refractivity contribution in [1.29, 1.82) is 0 Å². The third-order valence-corrected chi connectivity index (χ3v) is 4.07. The van der Waals surface area contributed by atoms with Crippen LogP contribution in [0.3, 0.4) is 0 Å². The van der Waals surface area contributed by atoms with E-state index in [4.69, 9.17) is 0 Å². The maximum Gasteiger partial charge on any atom is 0.573 e. The molecular weight excluding hydrogens is 345 g/mol. The van der Waals surface area contributed by atoms with Crippen LogP contribution in [0.5, 0.6) is 5.75 Å². The number of ether oxygens (including phenoxy) is 1. The Labute approximate surface area is 136 Å². The van der Waals surface area contributed by atoms with Crippen LogP contribution in [0.2, 0.25) is 0 Å². The van der Waals surface area contributed by atoms with Gasteiger partial charge in [0, 0.05) is 0 Å². The number of halogens is 3. The Morgan fingerprint density at radius 1 is 1.04 bits per heavy atom. The van der Waals surface area contributed by atoms with Gasteiger partial charge in [0.05, 0.1) is 11.1 Å². The highest BCUT2D eigenvalue weighted by atomic mass is 32.2. The Morgan fingerprint density at radius 2 is 1.62 bits per heavy atom. The third kappa shape index (κ3) is 5.27. The molecule has 0 spiro atoms. The van der Waals surface area contributed by atoms with Crippen LogP contribution in [-0.2, 0) is 10.0 Å². The number of hydrazone groups is 1. The van der Waals surface area contributed by atoms with Crippen LogP contribution in [0.15, 0.2) is 58.5 Å². The number of aryl methyl sites for hydroxylation is 1. The molecule has 0 heterocycles. The minimum Gasteiger partial charge on any atom is -0.406 e. The van der Waals surface area contributed by atoms with Crippen molar-refractivity contribution in [3.8, 4) is 5.75 Å². The molecule has 0 atom stereocenters. The molecule has 2 aromatic carbocycles. The predicted molar refractivity (Wildman–Crippen MR) is 82.2 cm³/mol. The van der Waals surface area contributed by atoms with Gasteiger partial charge in [-0.15, -0.1) is 13.2 Å². The number of alkyl halides is 3. The van der Waals surface area contributed by atoms with Crippen molar-refractivity contribution < 1.29 is 26.3 Å². The highest BCUT2D eigenvalue weighted by Gasteiger charge is 2.30. The summed E-state index contributed by atoms with van der Waals surface area (Å²) in [6, 6.07) is 11.0. The third-order valence-electron chi connectivity index (χ3n) is 2.83. The first kappa shape index (κ1) is 17.8. The van der Waals surface area contributed by atoms with Crippen LogP contribution in [0, 0.1) is 6.92 Å². The van der Waals surface area contributed by atoms with E-state index in [9.17, 15) is 21.6 Å². The number of nitrogens with zero attached hydrogens (tertiary/aromatic N) is 1. The van der Waals surface area contributed by atoms with Crippen LogP contribution in [0.1, 0.15) is 11.1 Å². The summed E-state index contributed by atoms with van der Waals surface area (Å²) >= 11 is 0. The summed E-state index contributed by atoms with van der Waals surface area (Å²) in [5.41, 5.74) is 1.31. The van der Waals surface area contributed by atoms with E-state index in [-0.39, 0.29) is 10.6 Å². The number of hydrogen-bond donors (Lipinski definition) is 1. The zero-order valence-corrected chi connectivity index (χ0v) is 13.2. The second kappa shape index (κ2) is 6.91. The van der Waals surface area contributed by atoms with Gasteiger partial charge in [-0.3, -0.25) is 0 Å². The molecular formula is C15H13F3N2O3S. The zero-order valence-electron chi connectivity index (χ0n) is 12.4. The Hall–Kier alpha value is -2.55. The lowest BCUT2D eigenvalue weighted by Crippen LogP contribution is -2.18. The van der Waals surface area contributed by atoms with Crippen LogP contribution in [0.25, 0.3) is 0 Å². The maximum absolute atomic E-state index is 12.0. The van der Waals surface area contributed by atoms with Gasteiger partial charge < -0.3 is 4.74 Å². The van der Waals surface area contributed by atoms with Gasteiger partial charge in [-0.2, -0.15) is 13.5 Å². The van der Waals surface area contributed by atoms with E-state index >= 15 is 0 Å². The summed E-state index contributed by atoms with van der Waals surface area (Å²) in [4.78, 5) is 2.08. The minimum absolute atomic E-state index is 0.0548. The monoisotopic (exact) mass is 358 g/mol. The Morgan fingerprint density at radius 3 is 2.17 bits per heavy atom. The summed E-state index contributed by atoms with van der Waals surface area (Å²) in [6.07, 6.45) is -3.59. The fourth-order valence-electron chi connectivity index (χ4n) is 1.70. The molecule has 0 unspecified atom stereocenters. The number of rotatable bonds is 5. The second-order valence-corrected chi connectivity index (χ2v) is 6.44. The molecule has 0 aliphatic carbocycles. The average molecular weight is 358 g/mol. The first-order chi connectivity index (χ1) is 11.2. The van der Waals surface area contributed by atoms with Crippen LogP contribution >= 0.6 is 0 Å². The van der Waals surface area contributed by atoms with E-state index in [0.717, 1.165) is 17.7 Å². The van der Waals surface area contributed by atoms with Gasteiger partial charge in [0.25, 0.3) is 10.0 Å². The van der Waals surface area contributed by atoms with Crippen molar-refractivity contribution in [2.45, 2.75) is 18.2 Å². The van der Waals surface area contributed by atoms with E-state index in [1.165, 1.54) is 30.5 Å². The normalized spacial score (nSPS) is 12.3. The van der Waals surface area contributed by atoms with Crippen LogP contribution in [-0.4, -0.2) is 21.0 Å². The lowest BCUT2D eigenvalue weighted by Gasteiger charge is -2.08. The van der Waals surface area contributed by atoms with Gasteiger partial charge >= 0.3 is 6.36 Å². The predicted octanol–water partition coefficient (Wildman–Crippen LogP) is 3.21. The molecule has 0 aliphatic rings. The minimum atomic E-state index is -4.76. The molecule has 5 nitrogen and oxygen atoms in total. The Bertz CT molecular complexity index is 815. The lowest BCUT2D eigenvalue weighted by atomic mass is 10.2. The maximum atomic E-state index is 12.0. The SMILES string of the molecule is Cc1ccc(S(=O)(=O)N/N=C/c2ccc(OC(F)(F)F)cc2)cc1. The molecule has 0 bridgehead atoms. The highest BCUT2D eigenvalue weighted by molar-refractivity contribution is 7.89. The fourth-order valence-corrected chi connectivity index (χ4v) is 2.49. The summed E-state index contributed by atoms with van der Waals surface area (Å²) in [5.74, 6) is -0.375. The molecule has 9 heteroatoms. The second-order valence-electron chi connectivity index (χ2n) is 4.78. The topological polar surface area (TPSA) is 67.8 Å². The number of benzene rings is 2. The number of sulfonamides is 1. The van der Waals surface area contributed by atoms with E-state index in [1.54, 1.807) is 12.1 Å². The summed E-state index contributed by atoms with van der Waals surface area (Å²) in [7, 11) is -3.80. The number of nitrogens with one attached hydrogen (secondary N) is 1. The van der Waals surface area contributed by atoms with Crippen LogP contribution in [0.4, 0.5) is 13.2 Å². The molecule has 0 saturated heterocycles. The molecule has 2 rings (SSSR count). The lowest BCUT2D eigenvalue weighted by molar-refractivity contribution is -0.274. The molecule has 0 fully saturated rings. The molecule has 0 saturated carbocycles. The number of hydrogen-bond acceptors (Lipinski definition) is 4. The molecule has 24 heavy (non-hydrogen) atoms. The highest BCUT2D eigenvalue weighted by Crippen LogP contribution is 2.22. The van der Waals surface area contributed by atoms with E-state index in [1.807, 2.05) is 11.8 Å². The summed E-state index contributed by atoms with van der Waals surface area (Å²) in [5, 5.41) is 3.59. The summed E-state index contributed by atoms with van der Waals surface area (Å²) < 4.78 is 63.8. The van der Waals surface area contributed by atoms with Gasteiger partial charge in [-0.25, -0.2) is 4.83 Å². The standard InChI is InChI=1S/C15H13F3N2O3S/c1-11-2-8-14(9-3-11)24(21,22)20-19-10-12-4-6-13(7-5-12)23-15(16,17)18/h2-10,20H,1H3/b19-10+. The fraction of sp³-hybridized carbons (Fsp3) is 0.133. The Balaban J connectivity index is 2.02. The van der Waals surface area contributed by atoms with Crippen molar-refractivity contribution in [1.82, 2.24) is 4.83 Å². The molecule has 0 radical (unpaired) electrons. The largest absolute Gasteiger partial charge is 0.573 e. The van der Waals surface area contributed by atoms with Crippen molar-refractivity contribution in [3.63, 3.8) is 0 Å². The smallest absolute Gasteiger partial charge is 0.406 e. The first-order valence-corrected chi connectivity index (χ1v) is 8.11. The van der Waals surface area contributed by atoms with Crippen molar-refractivity contribution in [2.75, 3.05) is 0 Å². The van der Waals surface area contributed by atoms with Gasteiger partial charge in [0.15, 0.2) is 0 Å². The van der Waals surface area contributed by atoms with Gasteiger partial charge in [-0.1, -0.05) is 17.7 Å². The molecule has 128 valence electrons. The van der Waals surface area contributed by atoms with Crippen molar-refractivity contribution >= 4 is 16.2 Å². The van der Waals surface area contributed by atoms with Gasteiger partial charge in [0.2, 0.25) is 0 Å². The molecule has 0 aromatic heterocycles. The van der Waals surface area contributed by atoms with Crippen LogP contribution < -0.4 is 9.57 Å². The molecule has 1 N–H and O–H groups in total. The quantitative estimate of drug-likeness (QED) is 0.659. The first-order valence-electron chi connectivity index (χ1n) is 6.63. The zero-order chi connectivity index (χ0) is 17.8. The molecule has 0 aliphatic heterocycles. The van der Waals surface area contributed by atoms with Gasteiger partial charge in [0.1, 0.15) is 5.75 Å². The Kier molecular flexibility index (Phi) is 5.13. The van der Waals surface area contributed by atoms with Crippen molar-refractivity contribution in [2.24, 2.45) is 5.10 Å². The molecule has 2 aromatic rings. The summed E-state index contributed by atoms with van der Waals surface area (Å²) in [6.45, 7) is 1.83. The van der Waals surface area contributed by atoms with E-state index < -0.39 is 16.4 Å². The van der Waals surface area contributed by atoms with E-state index in [2.05, 4.69) is 9.84 Å². The molecule has 0 amide bonds. The average Bonchev–Trinajstić information content (AvgIpc) is 2.48. The van der Waals surface area contributed by atoms with E-state index in [0.29, 0.717) is 5.56 Å².